The van der Waals surface area contributed by atoms with Gasteiger partial charge in [0, 0.05) is 45.6 Å². The molecule has 156 valence electrons. The van der Waals surface area contributed by atoms with Crippen molar-refractivity contribution in [3.63, 3.8) is 0 Å². The second kappa shape index (κ2) is 8.75. The summed E-state index contributed by atoms with van der Waals surface area (Å²) in [5, 5.41) is 2.63. The van der Waals surface area contributed by atoms with Crippen molar-refractivity contribution < 1.29 is 17.9 Å². The number of ether oxygens (including phenoxy) is 1. The molecule has 0 radical (unpaired) electrons. The van der Waals surface area contributed by atoms with Crippen LogP contribution < -0.4 is 15.0 Å². The molecule has 1 aromatic carbocycles. The number of amides is 1. The highest BCUT2D eigenvalue weighted by molar-refractivity contribution is 7.89. The molecule has 10 heteroatoms. The Morgan fingerprint density at radius 3 is 2.55 bits per heavy atom. The van der Waals surface area contributed by atoms with Gasteiger partial charge >= 0.3 is 0 Å². The molecule has 2 heterocycles. The number of carbonyl (C=O) groups excluding carboxylic acids is 1. The molecule has 0 bridgehead atoms. The standard InChI is InChI=1S/C19H25N5O4S/c1-14(25)22-15-6-8-17(9-7-15)29(26,27)24-12-4-5-16(13-24)28-19-18(23(2)3)20-10-11-21-19/h6-11,16H,4-5,12-13H2,1-3H3,(H,22,25). The van der Waals surface area contributed by atoms with Crippen molar-refractivity contribution in [2.75, 3.05) is 37.4 Å². The lowest BCUT2D eigenvalue weighted by Crippen LogP contribution is -2.44. The Bertz CT molecular complexity index is 963. The van der Waals surface area contributed by atoms with E-state index in [1.54, 1.807) is 29.4 Å². The zero-order valence-electron chi connectivity index (χ0n) is 16.7. The van der Waals surface area contributed by atoms with Gasteiger partial charge in [0.05, 0.1) is 11.4 Å². The Morgan fingerprint density at radius 2 is 1.90 bits per heavy atom. The van der Waals surface area contributed by atoms with Crippen molar-refractivity contribution >= 4 is 27.4 Å². The first-order chi connectivity index (χ1) is 13.8. The minimum Gasteiger partial charge on any atom is -0.470 e. The van der Waals surface area contributed by atoms with E-state index in [0.717, 1.165) is 6.42 Å². The average molecular weight is 420 g/mol. The van der Waals surface area contributed by atoms with Gasteiger partial charge in [0.15, 0.2) is 5.82 Å². The topological polar surface area (TPSA) is 105 Å². The highest BCUT2D eigenvalue weighted by Gasteiger charge is 2.32. The Balaban J connectivity index is 1.73. The molecule has 1 amide bonds. The van der Waals surface area contributed by atoms with E-state index in [-0.39, 0.29) is 23.5 Å². The third-order valence-electron chi connectivity index (χ3n) is 4.50. The highest BCUT2D eigenvalue weighted by Crippen LogP contribution is 2.27. The third-order valence-corrected chi connectivity index (χ3v) is 6.38. The maximum Gasteiger partial charge on any atom is 0.257 e. The van der Waals surface area contributed by atoms with E-state index in [1.165, 1.54) is 23.4 Å². The van der Waals surface area contributed by atoms with Gasteiger partial charge in [0.1, 0.15) is 6.10 Å². The Labute approximate surface area is 170 Å². The third kappa shape index (κ3) is 5.01. The zero-order chi connectivity index (χ0) is 21.0. The molecule has 0 saturated carbocycles. The number of anilines is 2. The van der Waals surface area contributed by atoms with E-state index in [2.05, 4.69) is 15.3 Å². The molecule has 1 aromatic heterocycles. The Kier molecular flexibility index (Phi) is 6.33. The quantitative estimate of drug-likeness (QED) is 0.760. The van der Waals surface area contributed by atoms with Crippen LogP contribution in [0.1, 0.15) is 19.8 Å². The van der Waals surface area contributed by atoms with Gasteiger partial charge in [0.25, 0.3) is 5.88 Å². The monoisotopic (exact) mass is 419 g/mol. The molecule has 1 aliphatic rings. The zero-order valence-corrected chi connectivity index (χ0v) is 17.5. The first-order valence-electron chi connectivity index (χ1n) is 9.30. The molecule has 0 aliphatic carbocycles. The van der Waals surface area contributed by atoms with Crippen LogP contribution in [0.15, 0.2) is 41.6 Å². The second-order valence-electron chi connectivity index (χ2n) is 7.03. The van der Waals surface area contributed by atoms with E-state index in [1.807, 2.05) is 14.1 Å². The number of hydrogen-bond donors (Lipinski definition) is 1. The van der Waals surface area contributed by atoms with Gasteiger partial charge in [-0.1, -0.05) is 0 Å². The number of aromatic nitrogens is 2. The maximum atomic E-state index is 13.0. The normalized spacial score (nSPS) is 17.6. The smallest absolute Gasteiger partial charge is 0.257 e. The highest BCUT2D eigenvalue weighted by atomic mass is 32.2. The first kappa shape index (κ1) is 21.0. The van der Waals surface area contributed by atoms with Gasteiger partial charge in [-0.05, 0) is 37.1 Å². The molecule has 29 heavy (non-hydrogen) atoms. The van der Waals surface area contributed by atoms with Crippen LogP contribution >= 0.6 is 0 Å². The molecule has 0 spiro atoms. The summed E-state index contributed by atoms with van der Waals surface area (Å²) in [4.78, 5) is 21.6. The maximum absolute atomic E-state index is 13.0. The summed E-state index contributed by atoms with van der Waals surface area (Å²) in [7, 11) is 0.0280. The fourth-order valence-corrected chi connectivity index (χ4v) is 4.66. The van der Waals surface area contributed by atoms with Crippen LogP contribution in [0.5, 0.6) is 5.88 Å². The molecular formula is C19H25N5O4S. The lowest BCUT2D eigenvalue weighted by atomic mass is 10.1. The molecule has 2 aromatic rings. The number of nitrogens with zero attached hydrogens (tertiary/aromatic N) is 4. The van der Waals surface area contributed by atoms with E-state index >= 15 is 0 Å². The molecule has 1 fully saturated rings. The largest absolute Gasteiger partial charge is 0.470 e. The molecule has 1 atom stereocenters. The van der Waals surface area contributed by atoms with Gasteiger partial charge in [-0.25, -0.2) is 18.4 Å². The van der Waals surface area contributed by atoms with Gasteiger partial charge in [-0.15, -0.1) is 0 Å². The summed E-state index contributed by atoms with van der Waals surface area (Å²) in [6, 6.07) is 6.15. The predicted molar refractivity (Wildman–Crippen MR) is 110 cm³/mol. The van der Waals surface area contributed by atoms with Crippen LogP contribution in [-0.2, 0) is 14.8 Å². The first-order valence-corrected chi connectivity index (χ1v) is 10.7. The van der Waals surface area contributed by atoms with Crippen molar-refractivity contribution in [1.29, 1.82) is 0 Å². The molecule has 1 unspecified atom stereocenters. The molecule has 1 N–H and O–H groups in total. The lowest BCUT2D eigenvalue weighted by molar-refractivity contribution is -0.114. The summed E-state index contributed by atoms with van der Waals surface area (Å²) >= 11 is 0. The van der Waals surface area contributed by atoms with Crippen LogP contribution in [0.2, 0.25) is 0 Å². The van der Waals surface area contributed by atoms with Gasteiger partial charge in [0.2, 0.25) is 15.9 Å². The van der Waals surface area contributed by atoms with Crippen LogP contribution in [-0.4, -0.2) is 61.9 Å². The minimum absolute atomic E-state index is 0.181. The number of hydrogen-bond acceptors (Lipinski definition) is 7. The summed E-state index contributed by atoms with van der Waals surface area (Å²) in [5.41, 5.74) is 0.551. The van der Waals surface area contributed by atoms with Crippen molar-refractivity contribution in [2.45, 2.75) is 30.8 Å². The van der Waals surface area contributed by atoms with Crippen LogP contribution in [0.4, 0.5) is 11.5 Å². The van der Waals surface area contributed by atoms with Gasteiger partial charge < -0.3 is 15.0 Å². The summed E-state index contributed by atoms with van der Waals surface area (Å²) in [5.74, 6) is 0.778. The van der Waals surface area contributed by atoms with Crippen molar-refractivity contribution in [2.24, 2.45) is 0 Å². The SMILES string of the molecule is CC(=O)Nc1ccc(S(=O)(=O)N2CCCC(Oc3nccnc3N(C)C)C2)cc1. The molecule has 1 aliphatic heterocycles. The number of rotatable bonds is 6. The van der Waals surface area contributed by atoms with E-state index in [9.17, 15) is 13.2 Å². The van der Waals surface area contributed by atoms with Crippen molar-refractivity contribution in [3.8, 4) is 5.88 Å². The fourth-order valence-electron chi connectivity index (χ4n) is 3.15. The predicted octanol–water partition coefficient (Wildman–Crippen LogP) is 1.73. The number of nitrogens with one attached hydrogen (secondary N) is 1. The molecule has 1 saturated heterocycles. The Hall–Kier alpha value is -2.72. The van der Waals surface area contributed by atoms with Crippen LogP contribution in [0.25, 0.3) is 0 Å². The van der Waals surface area contributed by atoms with Crippen molar-refractivity contribution in [1.82, 2.24) is 14.3 Å². The second-order valence-corrected chi connectivity index (χ2v) is 8.97. The average Bonchev–Trinajstić information content (AvgIpc) is 2.68. The van der Waals surface area contributed by atoms with Gasteiger partial charge in [-0.2, -0.15) is 4.31 Å². The number of carbonyl (C=O) groups is 1. The van der Waals surface area contributed by atoms with E-state index < -0.39 is 10.0 Å². The summed E-state index contributed by atoms with van der Waals surface area (Å²) in [6.45, 7) is 2.06. The van der Waals surface area contributed by atoms with Crippen LogP contribution in [0.3, 0.4) is 0 Å². The summed E-state index contributed by atoms with van der Waals surface area (Å²) in [6.07, 6.45) is 4.25. The Morgan fingerprint density at radius 1 is 1.21 bits per heavy atom. The van der Waals surface area contributed by atoms with Gasteiger partial charge in [-0.3, -0.25) is 4.79 Å². The fraction of sp³-hybridized carbons (Fsp3) is 0.421. The molecular weight excluding hydrogens is 394 g/mol. The minimum atomic E-state index is -3.66. The lowest BCUT2D eigenvalue weighted by Gasteiger charge is -2.32. The van der Waals surface area contributed by atoms with E-state index in [0.29, 0.717) is 30.4 Å². The summed E-state index contributed by atoms with van der Waals surface area (Å²) < 4.78 is 33.5. The van der Waals surface area contributed by atoms with Crippen molar-refractivity contribution in [3.05, 3.63) is 36.7 Å². The number of sulfonamides is 1. The number of piperidine rings is 1. The van der Waals surface area contributed by atoms with E-state index in [4.69, 9.17) is 4.74 Å². The van der Waals surface area contributed by atoms with Crippen LogP contribution in [0, 0.1) is 0 Å². The molecule has 3 rings (SSSR count). The molecule has 9 nitrogen and oxygen atoms in total. The number of benzene rings is 1.